The van der Waals surface area contributed by atoms with Crippen molar-refractivity contribution >= 4 is 43.6 Å². The Morgan fingerprint density at radius 3 is 1.72 bits per heavy atom. The summed E-state index contributed by atoms with van der Waals surface area (Å²) in [6.45, 7) is 0. The molecule has 4 aromatic rings. The topological polar surface area (TPSA) is 124 Å². The summed E-state index contributed by atoms with van der Waals surface area (Å²) in [6.07, 6.45) is 0. The molecule has 0 unspecified atom stereocenters. The molecule has 0 aliphatic rings. The molecular formula is C22H17N4NaO4S. The van der Waals surface area contributed by atoms with E-state index < -0.39 is 10.1 Å². The van der Waals surface area contributed by atoms with Gasteiger partial charge in [0.05, 0.1) is 22.0 Å². The van der Waals surface area contributed by atoms with Crippen LogP contribution in [0.2, 0.25) is 0 Å². The summed E-state index contributed by atoms with van der Waals surface area (Å²) in [5.41, 5.74) is 1.97. The first-order chi connectivity index (χ1) is 14.9. The number of nitrogens with zero attached hydrogens (tertiary/aromatic N) is 4. The fourth-order valence-corrected chi connectivity index (χ4v) is 3.32. The second-order valence-corrected chi connectivity index (χ2v) is 7.96. The van der Waals surface area contributed by atoms with Crippen molar-refractivity contribution in [1.82, 2.24) is 0 Å². The smallest absolute Gasteiger partial charge is 1.00 e. The quantitative estimate of drug-likeness (QED) is 0.270. The number of phenols is 1. The summed E-state index contributed by atoms with van der Waals surface area (Å²) < 4.78 is 31.1. The van der Waals surface area contributed by atoms with Crippen LogP contribution in [0, 0.1) is 0 Å². The molecule has 0 amide bonds. The van der Waals surface area contributed by atoms with Gasteiger partial charge in [0.1, 0.15) is 11.4 Å². The van der Waals surface area contributed by atoms with E-state index in [2.05, 4.69) is 20.5 Å². The molecule has 2 N–H and O–H groups in total. The molecule has 0 heterocycles. The molecule has 0 saturated heterocycles. The Hall–Kier alpha value is -2.95. The van der Waals surface area contributed by atoms with Gasteiger partial charge in [0.25, 0.3) is 10.1 Å². The van der Waals surface area contributed by atoms with E-state index in [-0.39, 0.29) is 41.6 Å². The van der Waals surface area contributed by atoms with Gasteiger partial charge in [-0.05, 0) is 60.0 Å². The summed E-state index contributed by atoms with van der Waals surface area (Å²) in [6, 6.07) is 23.2. The molecule has 0 atom stereocenters. The number of fused-ring (bicyclic) bond motifs is 1. The summed E-state index contributed by atoms with van der Waals surface area (Å²) in [5, 5.41) is 28.4. The second kappa shape index (κ2) is 10.1. The van der Waals surface area contributed by atoms with E-state index in [0.29, 0.717) is 22.7 Å². The first-order valence-corrected chi connectivity index (χ1v) is 10.6. The van der Waals surface area contributed by atoms with Crippen molar-refractivity contribution in [3.05, 3.63) is 84.9 Å². The monoisotopic (exact) mass is 456 g/mol. The van der Waals surface area contributed by atoms with E-state index in [9.17, 15) is 13.5 Å². The maximum atomic E-state index is 11.1. The number of hydrogen-bond donors (Lipinski definition) is 2. The summed E-state index contributed by atoms with van der Waals surface area (Å²) in [7, 11) is -4.24. The summed E-state index contributed by atoms with van der Waals surface area (Å²) >= 11 is 0. The Bertz CT molecular complexity index is 1410. The van der Waals surface area contributed by atoms with Crippen LogP contribution < -0.4 is 29.6 Å². The molecule has 10 heteroatoms. The van der Waals surface area contributed by atoms with Crippen molar-refractivity contribution in [3.63, 3.8) is 0 Å². The zero-order valence-electron chi connectivity index (χ0n) is 18.0. The zero-order chi connectivity index (χ0) is 21.8. The first kappa shape index (κ1) is 23.7. The van der Waals surface area contributed by atoms with Crippen molar-refractivity contribution in [2.75, 3.05) is 0 Å². The third kappa shape index (κ3) is 5.64. The van der Waals surface area contributed by atoms with E-state index in [1.807, 2.05) is 30.3 Å². The minimum absolute atomic E-state index is 0. The van der Waals surface area contributed by atoms with E-state index in [1.54, 1.807) is 30.3 Å². The minimum atomic E-state index is -4.24. The first-order valence-electron chi connectivity index (χ1n) is 9.12. The van der Waals surface area contributed by atoms with E-state index in [1.165, 1.54) is 24.3 Å². The molecule has 4 rings (SSSR count). The maximum absolute atomic E-state index is 11.1. The third-order valence-corrected chi connectivity index (χ3v) is 5.28. The van der Waals surface area contributed by atoms with Gasteiger partial charge in [-0.2, -0.15) is 23.8 Å². The van der Waals surface area contributed by atoms with Gasteiger partial charge in [-0.3, -0.25) is 4.55 Å². The van der Waals surface area contributed by atoms with Crippen LogP contribution in [0.5, 0.6) is 5.75 Å². The minimum Gasteiger partial charge on any atom is -1.00 e. The van der Waals surface area contributed by atoms with E-state index in [0.717, 1.165) is 10.8 Å². The van der Waals surface area contributed by atoms with Crippen molar-refractivity contribution in [2.45, 2.75) is 4.90 Å². The molecule has 0 fully saturated rings. The number of hydrogen-bond acceptors (Lipinski definition) is 7. The molecule has 0 aromatic heterocycles. The van der Waals surface area contributed by atoms with Crippen molar-refractivity contribution in [2.24, 2.45) is 20.5 Å². The predicted octanol–water partition coefficient (Wildman–Crippen LogP) is 3.74. The van der Waals surface area contributed by atoms with Crippen molar-refractivity contribution in [3.8, 4) is 5.75 Å². The average Bonchev–Trinajstić information content (AvgIpc) is 2.77. The van der Waals surface area contributed by atoms with Crippen molar-refractivity contribution < 1.29 is 49.1 Å². The van der Waals surface area contributed by atoms with Crippen LogP contribution in [-0.2, 0) is 10.1 Å². The van der Waals surface area contributed by atoms with E-state index >= 15 is 0 Å². The Kier molecular flexibility index (Phi) is 7.49. The summed E-state index contributed by atoms with van der Waals surface area (Å²) in [4.78, 5) is -0.210. The predicted molar refractivity (Wildman–Crippen MR) is 118 cm³/mol. The molecule has 156 valence electrons. The fraction of sp³-hybridized carbons (Fsp3) is 0. The van der Waals surface area contributed by atoms with Crippen LogP contribution in [0.4, 0.5) is 22.7 Å². The Balaban J connectivity index is 0.00000193. The second-order valence-electron chi connectivity index (χ2n) is 6.54. The third-order valence-electron chi connectivity index (χ3n) is 4.41. The fourth-order valence-electron chi connectivity index (χ4n) is 2.84. The largest absolute Gasteiger partial charge is 1.00 e. The van der Waals surface area contributed by atoms with Gasteiger partial charge >= 0.3 is 29.6 Å². The van der Waals surface area contributed by atoms with Crippen molar-refractivity contribution in [1.29, 1.82) is 0 Å². The zero-order valence-corrected chi connectivity index (χ0v) is 19.8. The van der Waals surface area contributed by atoms with Gasteiger partial charge in [-0.1, -0.05) is 30.3 Å². The molecule has 0 bridgehead atoms. The van der Waals surface area contributed by atoms with Crippen LogP contribution in [0.25, 0.3) is 10.8 Å². The standard InChI is InChI=1S/C22H16N4O4S.Na.H/c27-21-14-5-15-3-1-2-4-20(15)22(21)26-25-17-8-6-16(7-9-17)23-24-18-10-12-19(13-11-18)31(28,29)30;;/h1-14,27H,(H,28,29,30);;/q;+1;-1. The number of benzene rings is 4. The van der Waals surface area contributed by atoms with Gasteiger partial charge in [0.2, 0.25) is 0 Å². The number of rotatable bonds is 5. The maximum Gasteiger partial charge on any atom is 1.00 e. The molecule has 32 heavy (non-hydrogen) atoms. The molecular weight excluding hydrogens is 439 g/mol. The van der Waals surface area contributed by atoms with Crippen LogP contribution >= 0.6 is 0 Å². The summed E-state index contributed by atoms with van der Waals surface area (Å²) in [5.74, 6) is 0.0490. The van der Waals surface area contributed by atoms with Gasteiger partial charge in [-0.25, -0.2) is 0 Å². The molecule has 0 aliphatic heterocycles. The average molecular weight is 456 g/mol. The number of phenolic OH excluding ortho intramolecular Hbond substituents is 1. The van der Waals surface area contributed by atoms with Crippen LogP contribution in [0.1, 0.15) is 1.43 Å². The molecule has 0 radical (unpaired) electrons. The van der Waals surface area contributed by atoms with E-state index in [4.69, 9.17) is 4.55 Å². The molecule has 8 nitrogen and oxygen atoms in total. The normalized spacial score (nSPS) is 11.8. The SMILES string of the molecule is O=S(=O)(O)c1ccc(N=Nc2ccc(N=Nc3c(O)ccc4ccccc34)cc2)cc1.[H-].[Na+]. The van der Waals surface area contributed by atoms with Gasteiger partial charge in [0, 0.05) is 5.39 Å². The van der Waals surface area contributed by atoms with Crippen LogP contribution in [0.15, 0.2) is 110 Å². The van der Waals surface area contributed by atoms with Crippen LogP contribution in [-0.4, -0.2) is 18.1 Å². The number of azo groups is 2. The molecule has 4 aromatic carbocycles. The van der Waals surface area contributed by atoms with Gasteiger partial charge in [0.15, 0.2) is 0 Å². The molecule has 0 aliphatic carbocycles. The molecule has 0 saturated carbocycles. The molecule has 0 spiro atoms. The van der Waals surface area contributed by atoms with Gasteiger partial charge in [-0.15, -0.1) is 5.11 Å². The van der Waals surface area contributed by atoms with Crippen LogP contribution in [0.3, 0.4) is 0 Å². The Morgan fingerprint density at radius 1 is 0.656 bits per heavy atom. The Labute approximate surface area is 207 Å². The van der Waals surface area contributed by atoms with Gasteiger partial charge < -0.3 is 6.53 Å². The number of aromatic hydroxyl groups is 1. The Morgan fingerprint density at radius 2 is 1.16 bits per heavy atom.